The fraction of sp³-hybridized carbons (Fsp3) is 0.550. The molecule has 0 amide bonds. The van der Waals surface area contributed by atoms with Crippen LogP contribution in [0.1, 0.15) is 64.7 Å². The lowest BCUT2D eigenvalue weighted by atomic mass is 10.2. The predicted octanol–water partition coefficient (Wildman–Crippen LogP) is 5.55. The third-order valence-electron chi connectivity index (χ3n) is 3.63. The number of epoxide rings is 1. The number of rotatable bonds is 13. The largest absolute Gasteiger partial charge is 0.483 e. The first-order valence-corrected chi connectivity index (χ1v) is 8.79. The molecule has 1 rings (SSSR count). The summed E-state index contributed by atoms with van der Waals surface area (Å²) in [6.45, 7) is 2.22. The summed E-state index contributed by atoms with van der Waals surface area (Å²) in [5.41, 5.74) is 0. The first kappa shape index (κ1) is 19.3. The van der Waals surface area contributed by atoms with Crippen molar-refractivity contribution in [2.75, 3.05) is 0 Å². The van der Waals surface area contributed by atoms with E-state index in [0.717, 1.165) is 25.0 Å². The van der Waals surface area contributed by atoms with Crippen molar-refractivity contribution < 1.29 is 14.6 Å². The van der Waals surface area contributed by atoms with Gasteiger partial charge in [0.15, 0.2) is 6.10 Å². The Labute approximate surface area is 140 Å². The molecule has 0 saturated carbocycles. The van der Waals surface area contributed by atoms with Crippen molar-refractivity contribution in [2.24, 2.45) is 0 Å². The molecule has 0 spiro atoms. The molecule has 0 aromatic rings. The van der Waals surface area contributed by atoms with Crippen LogP contribution in [-0.2, 0) is 9.53 Å². The Hall–Kier alpha value is -1.77. The third-order valence-corrected chi connectivity index (χ3v) is 3.63. The Morgan fingerprint density at radius 1 is 1.09 bits per heavy atom. The van der Waals surface area contributed by atoms with E-state index >= 15 is 0 Å². The van der Waals surface area contributed by atoms with Crippen molar-refractivity contribution in [2.45, 2.75) is 70.8 Å². The standard InChI is InChI=1S/C20H30O3/c1-2-3-4-5-6-7-8-9-12-15-18-19(23-18)16-13-10-11-14-17-20(21)22/h6-7,9-10,12-13,15,19H,2-5,8,11,14,16-17H2,1H3,(H,21,22)/b7-6-,12-9-,13-10-,18-15-/t19-/m1/s1. The second kappa shape index (κ2) is 12.7. The van der Waals surface area contributed by atoms with Crippen LogP contribution in [0.15, 0.2) is 48.3 Å². The number of carboxylic acids is 1. The van der Waals surface area contributed by atoms with Crippen LogP contribution in [0.4, 0.5) is 0 Å². The van der Waals surface area contributed by atoms with Gasteiger partial charge in [0.2, 0.25) is 0 Å². The summed E-state index contributed by atoms with van der Waals surface area (Å²) in [5.74, 6) is 0.320. The lowest BCUT2D eigenvalue weighted by Crippen LogP contribution is -1.92. The highest BCUT2D eigenvalue weighted by atomic mass is 16.6. The summed E-state index contributed by atoms with van der Waals surface area (Å²) in [5, 5.41) is 8.53. The number of allylic oxidation sites excluding steroid dienone is 6. The van der Waals surface area contributed by atoms with Gasteiger partial charge in [0.05, 0.1) is 0 Å². The zero-order valence-electron chi connectivity index (χ0n) is 14.2. The lowest BCUT2D eigenvalue weighted by molar-refractivity contribution is -0.137. The highest BCUT2D eigenvalue weighted by molar-refractivity contribution is 5.66. The number of hydrogen-bond donors (Lipinski definition) is 1. The van der Waals surface area contributed by atoms with Crippen molar-refractivity contribution in [3.63, 3.8) is 0 Å². The molecule has 1 aliphatic rings. The van der Waals surface area contributed by atoms with Gasteiger partial charge < -0.3 is 9.84 Å². The fourth-order valence-corrected chi connectivity index (χ4v) is 2.20. The molecule has 0 aromatic heterocycles. The molecule has 1 heterocycles. The molecule has 0 unspecified atom stereocenters. The number of hydrogen-bond acceptors (Lipinski definition) is 2. The monoisotopic (exact) mass is 318 g/mol. The number of carboxylic acid groups (broad SMARTS) is 1. The molecule has 0 bridgehead atoms. The number of unbranched alkanes of at least 4 members (excludes halogenated alkanes) is 4. The molecule has 0 radical (unpaired) electrons. The predicted molar refractivity (Wildman–Crippen MR) is 95.2 cm³/mol. The van der Waals surface area contributed by atoms with Gasteiger partial charge in [-0.3, -0.25) is 4.79 Å². The molecular formula is C20H30O3. The van der Waals surface area contributed by atoms with E-state index in [-0.39, 0.29) is 12.5 Å². The number of ether oxygens (including phenoxy) is 1. The van der Waals surface area contributed by atoms with Gasteiger partial charge in [-0.15, -0.1) is 0 Å². The summed E-state index contributed by atoms with van der Waals surface area (Å²) < 4.78 is 5.48. The van der Waals surface area contributed by atoms with Crippen LogP contribution >= 0.6 is 0 Å². The van der Waals surface area contributed by atoms with Gasteiger partial charge >= 0.3 is 5.97 Å². The van der Waals surface area contributed by atoms with Gasteiger partial charge in [-0.1, -0.05) is 56.2 Å². The quantitative estimate of drug-likeness (QED) is 0.275. The van der Waals surface area contributed by atoms with Gasteiger partial charge in [0.25, 0.3) is 0 Å². The van der Waals surface area contributed by atoms with Crippen molar-refractivity contribution >= 4 is 5.97 Å². The van der Waals surface area contributed by atoms with Crippen LogP contribution < -0.4 is 0 Å². The van der Waals surface area contributed by atoms with Crippen molar-refractivity contribution in [1.29, 1.82) is 0 Å². The summed E-state index contributed by atoms with van der Waals surface area (Å²) in [4.78, 5) is 10.4. The van der Waals surface area contributed by atoms with Gasteiger partial charge in [0, 0.05) is 12.8 Å². The minimum Gasteiger partial charge on any atom is -0.483 e. The molecule has 3 nitrogen and oxygen atoms in total. The van der Waals surface area contributed by atoms with Crippen molar-refractivity contribution in [3.05, 3.63) is 48.3 Å². The molecule has 0 aliphatic carbocycles. The summed E-state index contributed by atoms with van der Waals surface area (Å²) in [7, 11) is 0. The van der Waals surface area contributed by atoms with Crippen LogP contribution in [0, 0.1) is 0 Å². The molecular weight excluding hydrogens is 288 g/mol. The first-order chi connectivity index (χ1) is 11.2. The molecule has 1 N–H and O–H groups in total. The van der Waals surface area contributed by atoms with E-state index in [1.165, 1.54) is 25.7 Å². The Morgan fingerprint density at radius 2 is 1.87 bits per heavy atom. The summed E-state index contributed by atoms with van der Waals surface area (Å²) >= 11 is 0. The minimum absolute atomic E-state index is 0.222. The maximum Gasteiger partial charge on any atom is 0.303 e. The molecule has 3 heteroatoms. The zero-order chi connectivity index (χ0) is 16.8. The van der Waals surface area contributed by atoms with Gasteiger partial charge in [0.1, 0.15) is 5.76 Å². The van der Waals surface area contributed by atoms with Gasteiger partial charge in [-0.25, -0.2) is 0 Å². The zero-order valence-corrected chi connectivity index (χ0v) is 14.2. The van der Waals surface area contributed by atoms with Gasteiger partial charge in [-0.05, 0) is 38.2 Å². The third kappa shape index (κ3) is 11.5. The molecule has 23 heavy (non-hydrogen) atoms. The van der Waals surface area contributed by atoms with Crippen LogP contribution in [0.5, 0.6) is 0 Å². The molecule has 1 fully saturated rings. The molecule has 1 aliphatic heterocycles. The maximum absolute atomic E-state index is 10.4. The van der Waals surface area contributed by atoms with E-state index in [1.807, 2.05) is 12.2 Å². The Balaban J connectivity index is 2.01. The Kier molecular flexibility index (Phi) is 10.7. The average Bonchev–Trinajstić information content (AvgIpc) is 3.27. The SMILES string of the molecule is CCCCC/C=C\C/C=C\C=C1/O[C@@H]1C/C=C\CCCC(=O)O. The molecule has 1 atom stereocenters. The topological polar surface area (TPSA) is 49.8 Å². The normalized spacial score (nSPS) is 19.2. The smallest absolute Gasteiger partial charge is 0.303 e. The van der Waals surface area contributed by atoms with E-state index in [2.05, 4.69) is 37.3 Å². The van der Waals surface area contributed by atoms with E-state index in [9.17, 15) is 4.79 Å². The van der Waals surface area contributed by atoms with Crippen molar-refractivity contribution in [3.8, 4) is 0 Å². The first-order valence-electron chi connectivity index (χ1n) is 8.79. The maximum atomic E-state index is 10.4. The van der Waals surface area contributed by atoms with E-state index in [4.69, 9.17) is 9.84 Å². The van der Waals surface area contributed by atoms with E-state index < -0.39 is 5.97 Å². The summed E-state index contributed by atoms with van der Waals surface area (Å²) in [6, 6.07) is 0. The fourth-order valence-electron chi connectivity index (χ4n) is 2.20. The molecule has 1 saturated heterocycles. The molecule has 0 aromatic carbocycles. The van der Waals surface area contributed by atoms with E-state index in [0.29, 0.717) is 6.42 Å². The van der Waals surface area contributed by atoms with Crippen LogP contribution in [0.3, 0.4) is 0 Å². The van der Waals surface area contributed by atoms with Crippen molar-refractivity contribution in [1.82, 2.24) is 0 Å². The lowest BCUT2D eigenvalue weighted by Gasteiger charge is -1.90. The van der Waals surface area contributed by atoms with Gasteiger partial charge in [-0.2, -0.15) is 0 Å². The molecule has 128 valence electrons. The Bertz CT molecular complexity index is 444. The minimum atomic E-state index is -0.725. The van der Waals surface area contributed by atoms with Crippen LogP contribution in [0.25, 0.3) is 0 Å². The average molecular weight is 318 g/mol. The number of carbonyl (C=O) groups is 1. The highest BCUT2D eigenvalue weighted by Gasteiger charge is 2.29. The highest BCUT2D eigenvalue weighted by Crippen LogP contribution is 2.30. The number of aliphatic carboxylic acids is 1. The second-order valence-electron chi connectivity index (χ2n) is 5.80. The second-order valence-corrected chi connectivity index (χ2v) is 5.80. The van der Waals surface area contributed by atoms with Crippen LogP contribution in [0.2, 0.25) is 0 Å². The van der Waals surface area contributed by atoms with Crippen LogP contribution in [-0.4, -0.2) is 17.2 Å². The Morgan fingerprint density at radius 3 is 2.65 bits per heavy atom. The summed E-state index contributed by atoms with van der Waals surface area (Å²) in [6.07, 6.45) is 23.8. The van der Waals surface area contributed by atoms with E-state index in [1.54, 1.807) is 0 Å².